The molecular weight excluding hydrogens is 1730 g/mol. The Kier molecular flexibility index (Phi) is 40.1. The standard InChI is InChI=1S/C105H171N5O25/c1-59(73-33-35-75-91-77(55-86(121)103(73,75)9)101(7)42-40-68(112)47-65(101)49-82(91)118)30-38-88(123)107-44-24-23-29-79(110-89(124)39-31-60(2)74-34-36-76-92-78(56-87(122)104(74,76)10)102(8)43-41-69(113)48-66(102)50-83(92)119)98(129)108-45-25-26-46-109-99(130)93-84(120)58-105(131)57-71(115)52-81(117)80(116)37-32-67(111)51-70(114)53-90(125)132-63(5)62(4)95(126)61(3)27-21-19-17-15-13-11-12-14-16-18-20-22-28-72(54-85(93)135-105)134-100-97(128)94(106)96(127)64(6)133-100/h11-22,27-28,59-87,91-97,100,111-122,126-128,131H,23-26,29-58,106H2,1-10H3,(H,107,123)(H,108,129)(H,109,130)(H,110,124)/b12-11+,15-13+,16-14+,19-17+,20-18+,27-21+,28-22+/t59-,60-,61+,62+,63+,64?,65?,66?,67-,68?,69?,70-,71+,72+,73?,74?,75?,76?,77?,78?,79?,80-,81-,82?,83?,84+,85+,86?,87?,91?,92?,93-,94?,95-,96?,97?,100?,101?,102?,103?,104?,105-/m1/s1. The summed E-state index contributed by atoms with van der Waals surface area (Å²) < 4.78 is 24.4. The lowest BCUT2D eigenvalue weighted by Crippen LogP contribution is -2.62. The third kappa shape index (κ3) is 27.0. The highest BCUT2D eigenvalue weighted by molar-refractivity contribution is 5.87. The molecule has 10 fully saturated rings. The number of aliphatic hydroxyl groups is 16. The Morgan fingerprint density at radius 1 is 0.481 bits per heavy atom. The summed E-state index contributed by atoms with van der Waals surface area (Å²) in [6.45, 7) is 20.6. The van der Waals surface area contributed by atoms with Gasteiger partial charge in [0.1, 0.15) is 18.2 Å². The van der Waals surface area contributed by atoms with Crippen LogP contribution in [0.3, 0.4) is 0 Å². The van der Waals surface area contributed by atoms with Gasteiger partial charge in [0.25, 0.3) is 0 Å². The van der Waals surface area contributed by atoms with Crippen LogP contribution in [0.2, 0.25) is 0 Å². The maximum atomic E-state index is 14.8. The largest absolute Gasteiger partial charge is 0.462 e. The van der Waals surface area contributed by atoms with E-state index in [0.29, 0.717) is 83.6 Å². The third-order valence-corrected chi connectivity index (χ3v) is 35.8. The van der Waals surface area contributed by atoms with Gasteiger partial charge in [-0.1, -0.05) is 140 Å². The minimum Gasteiger partial charge on any atom is -0.462 e. The lowest BCUT2D eigenvalue weighted by Gasteiger charge is -2.63. The van der Waals surface area contributed by atoms with Gasteiger partial charge in [-0.05, 0) is 261 Å². The lowest BCUT2D eigenvalue weighted by molar-refractivity contribution is -0.307. The predicted octanol–water partition coefficient (Wildman–Crippen LogP) is 7.17. The summed E-state index contributed by atoms with van der Waals surface area (Å²) in [6, 6.07) is -2.18. The highest BCUT2D eigenvalue weighted by Gasteiger charge is 2.68. The molecule has 2 bridgehead atoms. The molecule has 135 heavy (non-hydrogen) atoms. The summed E-state index contributed by atoms with van der Waals surface area (Å²) in [5, 5.41) is 195. The Morgan fingerprint density at radius 3 is 1.54 bits per heavy atom. The van der Waals surface area contributed by atoms with E-state index < -0.39 is 194 Å². The summed E-state index contributed by atoms with van der Waals surface area (Å²) in [5.74, 6) is -5.53. The molecule has 26 unspecified atom stereocenters. The number of allylic oxidation sites excluding steroid dienone is 12. The van der Waals surface area contributed by atoms with Gasteiger partial charge in [0, 0.05) is 70.0 Å². The number of ether oxygens (including phenoxy) is 4. The van der Waals surface area contributed by atoms with Crippen molar-refractivity contribution in [3.05, 3.63) is 85.1 Å². The van der Waals surface area contributed by atoms with Gasteiger partial charge in [-0.2, -0.15) is 0 Å². The molecule has 8 aliphatic carbocycles. The number of carbonyl (C=O) groups is 5. The van der Waals surface area contributed by atoms with Crippen LogP contribution in [0.4, 0.5) is 0 Å². The van der Waals surface area contributed by atoms with E-state index in [9.17, 15) is 106 Å². The van der Waals surface area contributed by atoms with E-state index in [1.165, 1.54) is 0 Å². The minimum absolute atomic E-state index is 0.0116. The van der Waals surface area contributed by atoms with Crippen molar-refractivity contribution in [2.45, 2.75) is 408 Å². The maximum absolute atomic E-state index is 14.8. The van der Waals surface area contributed by atoms with Gasteiger partial charge in [0.15, 0.2) is 12.1 Å². The number of nitrogens with two attached hydrogens (primary N) is 1. The molecule has 22 N–H and O–H groups in total. The summed E-state index contributed by atoms with van der Waals surface area (Å²) in [6.07, 6.45) is 13.8. The van der Waals surface area contributed by atoms with E-state index in [0.717, 1.165) is 51.4 Å². The Bertz CT molecular complexity index is 4020. The van der Waals surface area contributed by atoms with Crippen LogP contribution in [0.15, 0.2) is 85.1 Å². The monoisotopic (exact) mass is 1900 g/mol. The molecule has 766 valence electrons. The van der Waals surface area contributed by atoms with E-state index in [4.69, 9.17) is 24.7 Å². The third-order valence-electron chi connectivity index (χ3n) is 35.8. The number of hydrogen-bond acceptors (Lipinski definition) is 26. The number of hydrogen-bond donors (Lipinski definition) is 21. The van der Waals surface area contributed by atoms with Crippen molar-refractivity contribution in [3.8, 4) is 0 Å². The fraction of sp³-hybridized carbons (Fsp3) is 0.819. The van der Waals surface area contributed by atoms with Crippen LogP contribution in [0.1, 0.15) is 268 Å². The second-order valence-electron chi connectivity index (χ2n) is 44.6. The molecule has 42 atom stereocenters. The van der Waals surface area contributed by atoms with Crippen molar-refractivity contribution < 1.29 is 125 Å². The molecule has 8 saturated carbocycles. The zero-order chi connectivity index (χ0) is 98.3. The molecule has 4 amide bonds. The van der Waals surface area contributed by atoms with Crippen LogP contribution < -0.4 is 27.0 Å². The van der Waals surface area contributed by atoms with Crippen LogP contribution in [0, 0.1) is 110 Å². The van der Waals surface area contributed by atoms with Crippen molar-refractivity contribution in [3.63, 3.8) is 0 Å². The van der Waals surface area contributed by atoms with Crippen molar-refractivity contribution in [1.82, 2.24) is 21.3 Å². The summed E-state index contributed by atoms with van der Waals surface area (Å²) in [7, 11) is 0. The first-order valence-electron chi connectivity index (χ1n) is 51.6. The van der Waals surface area contributed by atoms with E-state index in [-0.39, 0.29) is 170 Å². The second-order valence-corrected chi connectivity index (χ2v) is 44.6. The smallest absolute Gasteiger partial charge is 0.308 e. The average Bonchev–Trinajstić information content (AvgIpc) is 1.63. The minimum atomic E-state index is -2.41. The lowest BCUT2D eigenvalue weighted by atomic mass is 9.43. The summed E-state index contributed by atoms with van der Waals surface area (Å²) >= 11 is 0. The van der Waals surface area contributed by atoms with E-state index in [1.54, 1.807) is 81.5 Å². The quantitative estimate of drug-likeness (QED) is 0.0356. The van der Waals surface area contributed by atoms with E-state index in [2.05, 4.69) is 62.8 Å². The number of nitrogens with one attached hydrogen (secondary N) is 4. The molecule has 0 spiro atoms. The zero-order valence-electron chi connectivity index (χ0n) is 81.9. The van der Waals surface area contributed by atoms with E-state index in [1.807, 2.05) is 31.2 Å². The van der Waals surface area contributed by atoms with Gasteiger partial charge in [0.05, 0.1) is 122 Å². The van der Waals surface area contributed by atoms with Crippen LogP contribution in [-0.4, -0.2) is 271 Å². The van der Waals surface area contributed by atoms with Crippen LogP contribution in [0.25, 0.3) is 0 Å². The van der Waals surface area contributed by atoms with Gasteiger partial charge in [-0.3, -0.25) is 24.0 Å². The predicted molar refractivity (Wildman–Crippen MR) is 508 cm³/mol. The Hall–Kier alpha value is -5.27. The summed E-state index contributed by atoms with van der Waals surface area (Å²) in [4.78, 5) is 70.4. The number of rotatable bonds is 23. The molecule has 0 radical (unpaired) electrons. The molecule has 3 heterocycles. The fourth-order valence-corrected chi connectivity index (χ4v) is 27.6. The normalized spacial score (nSPS) is 46.1. The van der Waals surface area contributed by atoms with Crippen molar-refractivity contribution in [2.75, 3.05) is 19.6 Å². The van der Waals surface area contributed by atoms with Gasteiger partial charge >= 0.3 is 5.97 Å². The van der Waals surface area contributed by atoms with Gasteiger partial charge in [0.2, 0.25) is 23.6 Å². The first-order valence-corrected chi connectivity index (χ1v) is 51.6. The SMILES string of the molecule is CC1OC(O[C@H]2/C=C/C=C/C=C/C=C/C=C/C=C/C=C/[C@H](C)[C@@H](O)[C@@H](C)[C@H](C)OC(=O)C[C@H](O)C[C@H](O)CC[C@@H](O)[C@H](O)C[C@H](O)C[C@]3(O)C[C@H](O)[C@@H](C(=O)NCCCCNC(=O)C(CCCCNC(=O)CC[C@@H](C)C4CCC5C6C(O)CC7CC(O)CCC7(C)C6CC(O)C54C)NC(=O)CC[C@@H](C)C4CCC5C6C(O)CC7CC(O)CCC7(C)C6CC(O)C54C)[C@H](C2)O3)C(O)C(N)C1O. The number of fused-ring (bicyclic) bond motifs is 12. The topological polar surface area (TPSA) is 520 Å². The Labute approximate surface area is 800 Å². The zero-order valence-corrected chi connectivity index (χ0v) is 81.9. The highest BCUT2D eigenvalue weighted by atomic mass is 16.7. The van der Waals surface area contributed by atoms with Crippen molar-refractivity contribution in [1.29, 1.82) is 0 Å². The molecular formula is C105H171N5O25. The maximum Gasteiger partial charge on any atom is 0.308 e. The van der Waals surface area contributed by atoms with Gasteiger partial charge < -0.3 is 128 Å². The molecule has 11 rings (SSSR count). The average molecular weight is 1900 g/mol. The van der Waals surface area contributed by atoms with E-state index >= 15 is 0 Å². The van der Waals surface area contributed by atoms with Crippen LogP contribution in [-0.2, 0) is 42.9 Å². The second kappa shape index (κ2) is 49.1. The fourth-order valence-electron chi connectivity index (χ4n) is 27.6. The van der Waals surface area contributed by atoms with Gasteiger partial charge in [-0.25, -0.2) is 0 Å². The first kappa shape index (κ1) is 110. The molecule has 0 aromatic heterocycles. The first-order chi connectivity index (χ1) is 63.9. The number of esters is 1. The summed E-state index contributed by atoms with van der Waals surface area (Å²) in [5.41, 5.74) is 5.25. The molecule has 3 aliphatic heterocycles. The molecule has 0 aromatic rings. The Morgan fingerprint density at radius 2 is 0.985 bits per heavy atom. The van der Waals surface area contributed by atoms with Crippen molar-refractivity contribution in [2.24, 2.45) is 116 Å². The number of aliphatic hydroxyl groups excluding tert-OH is 15. The van der Waals surface area contributed by atoms with Crippen LogP contribution in [0.5, 0.6) is 0 Å². The highest BCUT2D eigenvalue weighted by Crippen LogP contribution is 2.71. The number of unbranched alkanes of at least 4 members (excludes halogenated alkanes) is 2. The molecule has 30 heteroatoms. The Balaban J connectivity index is 0.732. The molecule has 11 aliphatic rings. The van der Waals surface area contributed by atoms with Gasteiger partial charge in [-0.15, -0.1) is 0 Å². The number of cyclic esters (lactones) is 1. The van der Waals surface area contributed by atoms with Crippen LogP contribution >= 0.6 is 0 Å². The number of amides is 4. The number of carbonyl (C=O) groups excluding carboxylic acids is 5. The molecule has 30 nitrogen and oxygen atoms in total. The van der Waals surface area contributed by atoms with Crippen molar-refractivity contribution >= 4 is 29.6 Å². The molecule has 2 saturated heterocycles. The molecule has 0 aromatic carbocycles.